The van der Waals surface area contributed by atoms with Crippen LogP contribution in [0.2, 0.25) is 0 Å². The first-order valence-corrected chi connectivity index (χ1v) is 13.4. The summed E-state index contributed by atoms with van der Waals surface area (Å²) in [6, 6.07) is 9.56. The molecule has 38 heavy (non-hydrogen) atoms. The molecule has 0 radical (unpaired) electrons. The number of urea groups is 1. The molecule has 5 rings (SSSR count). The van der Waals surface area contributed by atoms with Gasteiger partial charge in [0.15, 0.2) is 0 Å². The lowest BCUT2D eigenvalue weighted by atomic mass is 10.1. The Hall–Kier alpha value is -3.28. The number of benzene rings is 1. The van der Waals surface area contributed by atoms with Crippen LogP contribution >= 0.6 is 0 Å². The summed E-state index contributed by atoms with van der Waals surface area (Å²) < 4.78 is 6.61. The van der Waals surface area contributed by atoms with Crippen LogP contribution in [0.25, 0.3) is 5.69 Å². The average molecular weight is 524 g/mol. The van der Waals surface area contributed by atoms with Gasteiger partial charge < -0.3 is 20.3 Å². The van der Waals surface area contributed by atoms with E-state index < -0.39 is 5.69 Å². The fourth-order valence-corrected chi connectivity index (χ4v) is 5.62. The summed E-state index contributed by atoms with van der Waals surface area (Å²) in [5.74, 6) is 1.41. The molecule has 3 amide bonds. The van der Waals surface area contributed by atoms with Crippen LogP contribution < -0.4 is 16.7 Å². The van der Waals surface area contributed by atoms with E-state index in [1.165, 1.54) is 10.1 Å². The van der Waals surface area contributed by atoms with Gasteiger partial charge in [-0.2, -0.15) is 4.98 Å². The minimum atomic E-state index is -0.469. The number of likely N-dealkylation sites (tertiary alicyclic amines) is 1. The first-order chi connectivity index (χ1) is 18.4. The number of carbonyl (C=O) groups excluding carboxylic acids is 2. The topological polar surface area (TPSA) is 126 Å². The molecule has 2 aromatic rings. The van der Waals surface area contributed by atoms with E-state index in [2.05, 4.69) is 15.2 Å². The molecule has 3 unspecified atom stereocenters. The zero-order chi connectivity index (χ0) is 26.8. The zero-order valence-corrected chi connectivity index (χ0v) is 22.1. The highest BCUT2D eigenvalue weighted by molar-refractivity contribution is 5.88. The largest absolute Gasteiger partial charge is 0.384 e. The second-order valence-electron chi connectivity index (χ2n) is 10.5. The molecule has 2 saturated heterocycles. The van der Waals surface area contributed by atoms with E-state index in [4.69, 9.17) is 10.5 Å². The summed E-state index contributed by atoms with van der Waals surface area (Å²) in [6.07, 6.45) is 2.33. The number of nitrogens with zero attached hydrogens (tertiary/aromatic N) is 5. The maximum absolute atomic E-state index is 12.8. The molecule has 11 nitrogen and oxygen atoms in total. The van der Waals surface area contributed by atoms with Crippen LogP contribution in [0.1, 0.15) is 18.9 Å². The molecule has 3 aliphatic rings. The summed E-state index contributed by atoms with van der Waals surface area (Å²) in [6.45, 7) is 7.12. The lowest BCUT2D eigenvalue weighted by Gasteiger charge is -2.36. The smallest absolute Gasteiger partial charge is 0.354 e. The Morgan fingerprint density at radius 2 is 1.74 bits per heavy atom. The first-order valence-electron chi connectivity index (χ1n) is 13.4. The van der Waals surface area contributed by atoms with Crippen molar-refractivity contribution in [2.75, 3.05) is 58.3 Å². The number of hydrogen-bond acceptors (Lipinski definition) is 7. The molecule has 1 aromatic carbocycles. The van der Waals surface area contributed by atoms with Crippen molar-refractivity contribution >= 4 is 17.8 Å². The van der Waals surface area contributed by atoms with Gasteiger partial charge in [0, 0.05) is 65.2 Å². The fourth-order valence-electron chi connectivity index (χ4n) is 5.62. The van der Waals surface area contributed by atoms with Crippen molar-refractivity contribution in [1.82, 2.24) is 24.3 Å². The van der Waals surface area contributed by atoms with Gasteiger partial charge >= 0.3 is 11.7 Å². The van der Waals surface area contributed by atoms with Crippen LogP contribution in [0, 0.1) is 17.8 Å². The molecule has 2 aliphatic heterocycles. The van der Waals surface area contributed by atoms with Gasteiger partial charge in [-0.3, -0.25) is 19.6 Å². The highest BCUT2D eigenvalue weighted by Crippen LogP contribution is 2.44. The molecule has 1 aromatic heterocycles. The highest BCUT2D eigenvalue weighted by atomic mass is 16.5. The van der Waals surface area contributed by atoms with Crippen molar-refractivity contribution in [2.45, 2.75) is 25.9 Å². The number of carbonyl (C=O) groups is 2. The Balaban J connectivity index is 1.13. The SMILES string of the molecule is CCC(COC)C(=O)N1CCN(C(=O)Nc2ccn(-c3ccc(CN4CC5C(N)C5C4)cc3)c(=O)n2)CC1. The quantitative estimate of drug-likeness (QED) is 0.528. The normalized spacial score (nSPS) is 23.7. The number of methoxy groups -OCH3 is 1. The van der Waals surface area contributed by atoms with Crippen LogP contribution in [0.15, 0.2) is 41.3 Å². The van der Waals surface area contributed by atoms with Crippen LogP contribution in [0.3, 0.4) is 0 Å². The molecule has 3 fully saturated rings. The second kappa shape index (κ2) is 11.2. The standard InChI is InChI=1S/C27H37N7O4/c1-3-19(17-38-2)25(35)32-10-12-33(13-11-32)26(36)29-23-8-9-34(27(37)30-23)20-6-4-18(5-7-20)14-31-15-21-22(16-31)24(21)28/h4-9,19,21-22,24H,3,10-17,28H2,1-2H3,(H,29,30,36,37). The van der Waals surface area contributed by atoms with Crippen molar-refractivity contribution in [1.29, 1.82) is 0 Å². The number of piperidine rings is 1. The molecule has 0 bridgehead atoms. The van der Waals surface area contributed by atoms with Crippen LogP contribution in [0.5, 0.6) is 0 Å². The molecule has 0 spiro atoms. The Bertz CT molecular complexity index is 1200. The van der Waals surface area contributed by atoms with Crippen molar-refractivity contribution in [3.63, 3.8) is 0 Å². The third-order valence-electron chi connectivity index (χ3n) is 8.08. The first kappa shape index (κ1) is 26.3. The Kier molecular flexibility index (Phi) is 7.78. The van der Waals surface area contributed by atoms with E-state index in [0.717, 1.165) is 25.3 Å². The summed E-state index contributed by atoms with van der Waals surface area (Å²) in [4.78, 5) is 48.0. The summed E-state index contributed by atoms with van der Waals surface area (Å²) >= 11 is 0. The van der Waals surface area contributed by atoms with Gasteiger partial charge in [-0.15, -0.1) is 0 Å². The van der Waals surface area contributed by atoms with E-state index in [9.17, 15) is 14.4 Å². The molecule has 204 valence electrons. The van der Waals surface area contributed by atoms with Crippen LogP contribution in [-0.2, 0) is 16.1 Å². The zero-order valence-electron chi connectivity index (χ0n) is 22.1. The Labute approximate surface area is 222 Å². The minimum absolute atomic E-state index is 0.0601. The molecule has 3 heterocycles. The number of nitrogens with one attached hydrogen (secondary N) is 1. The number of nitrogens with two attached hydrogens (primary N) is 1. The lowest BCUT2D eigenvalue weighted by Crippen LogP contribution is -2.53. The van der Waals surface area contributed by atoms with Crippen LogP contribution in [0.4, 0.5) is 10.6 Å². The summed E-state index contributed by atoms with van der Waals surface area (Å²) in [7, 11) is 1.59. The number of hydrogen-bond donors (Lipinski definition) is 2. The maximum atomic E-state index is 12.8. The van der Waals surface area contributed by atoms with Crippen molar-refractivity contribution in [3.8, 4) is 5.69 Å². The molecule has 1 aliphatic carbocycles. The number of rotatable bonds is 8. The average Bonchev–Trinajstić information content (AvgIpc) is 3.31. The van der Waals surface area contributed by atoms with E-state index >= 15 is 0 Å². The number of ether oxygens (including phenoxy) is 1. The van der Waals surface area contributed by atoms with Gasteiger partial charge in [0.25, 0.3) is 0 Å². The van der Waals surface area contributed by atoms with Gasteiger partial charge in [0.2, 0.25) is 5.91 Å². The number of aromatic nitrogens is 2. The van der Waals surface area contributed by atoms with E-state index in [-0.39, 0.29) is 23.7 Å². The highest BCUT2D eigenvalue weighted by Gasteiger charge is 2.53. The molecule has 1 saturated carbocycles. The molecule has 3 atom stereocenters. The molecule has 3 N–H and O–H groups in total. The predicted molar refractivity (Wildman–Crippen MR) is 143 cm³/mol. The van der Waals surface area contributed by atoms with Gasteiger partial charge in [-0.1, -0.05) is 19.1 Å². The third kappa shape index (κ3) is 5.59. The van der Waals surface area contributed by atoms with Gasteiger partial charge in [0.05, 0.1) is 18.2 Å². The van der Waals surface area contributed by atoms with Crippen molar-refractivity contribution < 1.29 is 14.3 Å². The van der Waals surface area contributed by atoms with E-state index in [0.29, 0.717) is 57.1 Å². The monoisotopic (exact) mass is 523 g/mol. The van der Waals surface area contributed by atoms with Crippen LogP contribution in [-0.4, -0.2) is 95.2 Å². The Morgan fingerprint density at radius 1 is 1.08 bits per heavy atom. The molecular formula is C27H37N7O4. The van der Waals surface area contributed by atoms with Gasteiger partial charge in [0.1, 0.15) is 5.82 Å². The number of fused-ring (bicyclic) bond motifs is 1. The van der Waals surface area contributed by atoms with Crippen molar-refractivity contribution in [2.24, 2.45) is 23.5 Å². The second-order valence-corrected chi connectivity index (χ2v) is 10.5. The maximum Gasteiger partial charge on any atom is 0.354 e. The fraction of sp³-hybridized carbons (Fsp3) is 0.556. The lowest BCUT2D eigenvalue weighted by molar-refractivity contribution is -0.138. The van der Waals surface area contributed by atoms with E-state index in [1.54, 1.807) is 29.2 Å². The predicted octanol–water partition coefficient (Wildman–Crippen LogP) is 0.970. The third-order valence-corrected chi connectivity index (χ3v) is 8.08. The molecular weight excluding hydrogens is 486 g/mol. The number of piperazine rings is 1. The summed E-state index contributed by atoms with van der Waals surface area (Å²) in [5.41, 5.74) is 7.47. The number of anilines is 1. The van der Waals surface area contributed by atoms with Gasteiger partial charge in [-0.25, -0.2) is 9.59 Å². The van der Waals surface area contributed by atoms with Gasteiger partial charge in [-0.05, 0) is 42.0 Å². The summed E-state index contributed by atoms with van der Waals surface area (Å²) in [5, 5.41) is 2.71. The Morgan fingerprint density at radius 3 is 2.34 bits per heavy atom. The minimum Gasteiger partial charge on any atom is -0.384 e. The van der Waals surface area contributed by atoms with Crippen molar-refractivity contribution in [3.05, 3.63) is 52.6 Å². The molecule has 11 heteroatoms. The number of amides is 3. The van der Waals surface area contributed by atoms with E-state index in [1.807, 2.05) is 31.2 Å².